The fourth-order valence-electron chi connectivity index (χ4n) is 2.21. The quantitative estimate of drug-likeness (QED) is 0.924. The van der Waals surface area contributed by atoms with Crippen molar-refractivity contribution in [1.29, 1.82) is 0 Å². The van der Waals surface area contributed by atoms with Crippen LogP contribution in [0.25, 0.3) is 0 Å². The summed E-state index contributed by atoms with van der Waals surface area (Å²) in [4.78, 5) is 12.4. The summed E-state index contributed by atoms with van der Waals surface area (Å²) in [5, 5.41) is 2.83. The largest absolute Gasteiger partial charge is 0.350 e. The van der Waals surface area contributed by atoms with E-state index in [-0.39, 0.29) is 5.91 Å². The topological polar surface area (TPSA) is 66.5 Å². The van der Waals surface area contributed by atoms with Crippen molar-refractivity contribution in [2.75, 3.05) is 10.6 Å². The number of benzene rings is 1. The fraction of sp³-hybridized carbons (Fsp3) is 0.562. The number of hydrogen-bond acceptors (Lipinski definition) is 3. The molecule has 22 heavy (non-hydrogen) atoms. The van der Waals surface area contributed by atoms with Crippen LogP contribution in [0.5, 0.6) is 0 Å². The minimum atomic E-state index is -3.58. The Kier molecular flexibility index (Phi) is 5.28. The van der Waals surface area contributed by atoms with Gasteiger partial charge in [-0.25, -0.2) is 8.42 Å². The molecule has 1 aromatic carbocycles. The van der Waals surface area contributed by atoms with Crippen molar-refractivity contribution in [1.82, 2.24) is 5.32 Å². The Hall–Kier alpha value is -1.56. The average molecular weight is 326 g/mol. The summed E-state index contributed by atoms with van der Waals surface area (Å²) in [5.74, 6) is -0.321. The molecule has 0 saturated carbocycles. The van der Waals surface area contributed by atoms with Crippen LogP contribution in [-0.4, -0.2) is 32.2 Å². The molecule has 1 amide bonds. The lowest BCUT2D eigenvalue weighted by molar-refractivity contribution is -0.123. The summed E-state index contributed by atoms with van der Waals surface area (Å²) in [6.45, 7) is 10.9. The number of nitrogens with one attached hydrogen (secondary N) is 1. The molecule has 1 aromatic rings. The highest BCUT2D eigenvalue weighted by molar-refractivity contribution is 7.92. The van der Waals surface area contributed by atoms with E-state index in [1.54, 1.807) is 13.0 Å². The van der Waals surface area contributed by atoms with Gasteiger partial charge in [0.15, 0.2) is 0 Å². The first-order valence-corrected chi connectivity index (χ1v) is 9.06. The summed E-state index contributed by atoms with van der Waals surface area (Å²) in [7, 11) is -3.58. The first-order valence-electron chi connectivity index (χ1n) is 7.21. The van der Waals surface area contributed by atoms with E-state index < -0.39 is 21.6 Å². The Labute approximate surface area is 133 Å². The number of aryl methyl sites for hydroxylation is 2. The normalized spacial score (nSPS) is 13.6. The number of amides is 1. The molecule has 0 aliphatic heterocycles. The first kappa shape index (κ1) is 18.5. The van der Waals surface area contributed by atoms with E-state index in [4.69, 9.17) is 0 Å². The molecule has 1 atom stereocenters. The summed E-state index contributed by atoms with van der Waals surface area (Å²) < 4.78 is 25.7. The van der Waals surface area contributed by atoms with Gasteiger partial charge in [0, 0.05) is 5.54 Å². The zero-order chi connectivity index (χ0) is 17.3. The molecule has 0 radical (unpaired) electrons. The molecule has 1 rings (SSSR count). The van der Waals surface area contributed by atoms with Crippen molar-refractivity contribution >= 4 is 21.6 Å². The van der Waals surface area contributed by atoms with Gasteiger partial charge >= 0.3 is 0 Å². The number of sulfonamides is 1. The van der Waals surface area contributed by atoms with Crippen LogP contribution in [-0.2, 0) is 14.8 Å². The molecule has 0 unspecified atom stereocenters. The molecular formula is C16H26N2O3S. The molecule has 0 heterocycles. The van der Waals surface area contributed by atoms with Crippen molar-refractivity contribution in [3.63, 3.8) is 0 Å². The van der Waals surface area contributed by atoms with Gasteiger partial charge in [-0.15, -0.1) is 0 Å². The van der Waals surface area contributed by atoms with E-state index >= 15 is 0 Å². The molecular weight excluding hydrogens is 300 g/mol. The summed E-state index contributed by atoms with van der Waals surface area (Å²) >= 11 is 0. The molecule has 0 spiro atoms. The van der Waals surface area contributed by atoms with Gasteiger partial charge in [0.05, 0.1) is 11.9 Å². The number of hydrogen-bond donors (Lipinski definition) is 1. The molecule has 0 aliphatic carbocycles. The number of carbonyl (C=O) groups excluding carboxylic acids is 1. The van der Waals surface area contributed by atoms with Crippen LogP contribution in [0.1, 0.15) is 38.8 Å². The Morgan fingerprint density at radius 1 is 1.23 bits per heavy atom. The number of rotatable bonds is 4. The van der Waals surface area contributed by atoms with Gasteiger partial charge in [0.25, 0.3) is 0 Å². The third-order valence-corrected chi connectivity index (χ3v) is 4.42. The van der Waals surface area contributed by atoms with Crippen molar-refractivity contribution in [2.24, 2.45) is 0 Å². The fourth-order valence-corrected chi connectivity index (χ4v) is 3.44. The highest BCUT2D eigenvalue weighted by Crippen LogP contribution is 2.26. The van der Waals surface area contributed by atoms with Crippen LogP contribution in [0, 0.1) is 13.8 Å². The molecule has 0 bridgehead atoms. The van der Waals surface area contributed by atoms with Crippen LogP contribution < -0.4 is 9.62 Å². The lowest BCUT2D eigenvalue weighted by Gasteiger charge is -2.32. The SMILES string of the molecule is Cc1ccc(C)c(N([C@H](C)C(=O)NC(C)(C)C)S(C)(=O)=O)c1. The molecule has 0 aliphatic rings. The van der Waals surface area contributed by atoms with Gasteiger partial charge in [0.2, 0.25) is 15.9 Å². The smallest absolute Gasteiger partial charge is 0.244 e. The number of anilines is 1. The Morgan fingerprint density at radius 3 is 2.23 bits per heavy atom. The van der Waals surface area contributed by atoms with Crippen molar-refractivity contribution in [3.8, 4) is 0 Å². The van der Waals surface area contributed by atoms with E-state index in [1.165, 1.54) is 4.31 Å². The standard InChI is InChI=1S/C16H26N2O3S/c1-11-8-9-12(2)14(10-11)18(22(7,20)21)13(3)15(19)17-16(4,5)6/h8-10,13H,1-7H3,(H,17,19)/t13-/m1/s1. The van der Waals surface area contributed by atoms with Crippen molar-refractivity contribution in [2.45, 2.75) is 53.1 Å². The molecule has 5 nitrogen and oxygen atoms in total. The predicted octanol–water partition coefficient (Wildman–Crippen LogP) is 2.37. The monoisotopic (exact) mass is 326 g/mol. The average Bonchev–Trinajstić information content (AvgIpc) is 2.29. The van der Waals surface area contributed by atoms with Gasteiger partial charge in [-0.2, -0.15) is 0 Å². The van der Waals surface area contributed by atoms with E-state index in [0.29, 0.717) is 5.69 Å². The minimum Gasteiger partial charge on any atom is -0.350 e. The molecule has 0 aromatic heterocycles. The van der Waals surface area contributed by atoms with Crippen LogP contribution in [0.15, 0.2) is 18.2 Å². The highest BCUT2D eigenvalue weighted by atomic mass is 32.2. The Balaban J connectivity index is 3.31. The van der Waals surface area contributed by atoms with E-state index in [1.807, 2.05) is 46.8 Å². The van der Waals surface area contributed by atoms with E-state index in [9.17, 15) is 13.2 Å². The third-order valence-electron chi connectivity index (χ3n) is 3.19. The van der Waals surface area contributed by atoms with Crippen LogP contribution in [0.4, 0.5) is 5.69 Å². The maximum atomic E-state index is 12.4. The summed E-state index contributed by atoms with van der Waals surface area (Å²) in [5.41, 5.74) is 1.87. The molecule has 1 N–H and O–H groups in total. The molecule has 6 heteroatoms. The van der Waals surface area contributed by atoms with Crippen molar-refractivity contribution < 1.29 is 13.2 Å². The van der Waals surface area contributed by atoms with Crippen LogP contribution in [0.3, 0.4) is 0 Å². The maximum absolute atomic E-state index is 12.4. The van der Waals surface area contributed by atoms with Gasteiger partial charge in [-0.05, 0) is 58.7 Å². The Bertz CT molecular complexity index is 660. The second kappa shape index (κ2) is 6.28. The lowest BCUT2D eigenvalue weighted by atomic mass is 10.1. The van der Waals surface area contributed by atoms with Crippen LogP contribution in [0.2, 0.25) is 0 Å². The minimum absolute atomic E-state index is 0.321. The third kappa shape index (κ3) is 4.73. The number of carbonyl (C=O) groups is 1. The van der Waals surface area contributed by atoms with Gasteiger partial charge in [-0.3, -0.25) is 9.10 Å². The molecule has 124 valence electrons. The van der Waals surface area contributed by atoms with E-state index in [2.05, 4.69) is 5.32 Å². The lowest BCUT2D eigenvalue weighted by Crippen LogP contribution is -2.52. The summed E-state index contributed by atoms with van der Waals surface area (Å²) in [6, 6.07) is 4.74. The first-order chi connectivity index (χ1) is 9.83. The van der Waals surface area contributed by atoms with E-state index in [0.717, 1.165) is 17.4 Å². The van der Waals surface area contributed by atoms with Crippen LogP contribution >= 0.6 is 0 Å². The highest BCUT2D eigenvalue weighted by Gasteiger charge is 2.31. The Morgan fingerprint density at radius 2 is 1.77 bits per heavy atom. The molecule has 0 fully saturated rings. The van der Waals surface area contributed by atoms with Gasteiger partial charge < -0.3 is 5.32 Å². The second-order valence-electron chi connectivity index (χ2n) is 6.76. The second-order valence-corrected chi connectivity index (χ2v) is 8.62. The van der Waals surface area contributed by atoms with Crippen molar-refractivity contribution in [3.05, 3.63) is 29.3 Å². The molecule has 0 saturated heterocycles. The summed E-state index contributed by atoms with van der Waals surface area (Å²) in [6.07, 6.45) is 1.12. The zero-order valence-electron chi connectivity index (χ0n) is 14.4. The predicted molar refractivity (Wildman–Crippen MR) is 90.6 cm³/mol. The zero-order valence-corrected chi connectivity index (χ0v) is 15.2. The van der Waals surface area contributed by atoms with Gasteiger partial charge in [0.1, 0.15) is 6.04 Å². The maximum Gasteiger partial charge on any atom is 0.244 e. The van der Waals surface area contributed by atoms with Gasteiger partial charge in [-0.1, -0.05) is 12.1 Å². The number of nitrogens with zero attached hydrogens (tertiary/aromatic N) is 1.